The maximum Gasteiger partial charge on any atom is 0.254 e. The molecule has 0 saturated carbocycles. The summed E-state index contributed by atoms with van der Waals surface area (Å²) in [6, 6.07) is 5.25. The molecule has 1 aromatic carbocycles. The third-order valence-electron chi connectivity index (χ3n) is 3.93. The van der Waals surface area contributed by atoms with E-state index in [-0.39, 0.29) is 16.7 Å². The minimum absolute atomic E-state index is 0.000281. The summed E-state index contributed by atoms with van der Waals surface area (Å²) in [7, 11) is -3.86. The number of aryl methyl sites for hydroxylation is 1. The summed E-state index contributed by atoms with van der Waals surface area (Å²) in [4.78, 5) is 14.2. The maximum atomic E-state index is 12.6. The number of hydrogen-bond donors (Lipinski definition) is 1. The average molecular weight is 380 g/mol. The molecule has 0 radical (unpaired) electrons. The highest BCUT2D eigenvalue weighted by Crippen LogP contribution is 2.18. The van der Waals surface area contributed by atoms with Gasteiger partial charge < -0.3 is 14.1 Å². The summed E-state index contributed by atoms with van der Waals surface area (Å²) in [6.07, 6.45) is 0. The van der Waals surface area contributed by atoms with Gasteiger partial charge in [0.15, 0.2) is 0 Å². The zero-order valence-electron chi connectivity index (χ0n) is 14.5. The van der Waals surface area contributed by atoms with Crippen molar-refractivity contribution in [3.8, 4) is 0 Å². The molecule has 26 heavy (non-hydrogen) atoms. The van der Waals surface area contributed by atoms with Gasteiger partial charge in [0.25, 0.3) is 5.91 Å². The van der Waals surface area contributed by atoms with E-state index in [0.29, 0.717) is 37.8 Å². The van der Waals surface area contributed by atoms with Gasteiger partial charge in [-0.25, -0.2) is 8.42 Å². The minimum atomic E-state index is -3.86. The molecule has 10 heteroatoms. The molecule has 2 aromatic rings. The summed E-state index contributed by atoms with van der Waals surface area (Å²) in [6.45, 7) is 5.16. The first-order valence-corrected chi connectivity index (χ1v) is 9.64. The van der Waals surface area contributed by atoms with Gasteiger partial charge >= 0.3 is 0 Å². The quantitative estimate of drug-likeness (QED) is 0.819. The molecule has 1 aliphatic rings. The number of aromatic nitrogens is 2. The monoisotopic (exact) mass is 380 g/mol. The lowest BCUT2D eigenvalue weighted by Gasteiger charge is -2.27. The molecular formula is C16H20N4O5S. The van der Waals surface area contributed by atoms with Gasteiger partial charge in [0.1, 0.15) is 0 Å². The molecule has 1 fully saturated rings. The Morgan fingerprint density at radius 3 is 2.65 bits per heavy atom. The summed E-state index contributed by atoms with van der Waals surface area (Å²) in [5.74, 6) is 0.307. The molecule has 9 nitrogen and oxygen atoms in total. The van der Waals surface area contributed by atoms with E-state index < -0.39 is 16.1 Å². The second kappa shape index (κ2) is 7.52. The molecule has 0 spiro atoms. The second-order valence-corrected chi connectivity index (χ2v) is 7.65. The third-order valence-corrected chi connectivity index (χ3v) is 5.47. The van der Waals surface area contributed by atoms with Crippen molar-refractivity contribution in [3.63, 3.8) is 0 Å². The Hall–Kier alpha value is -2.30. The SMILES string of the molecule is Cc1nnc([C@H](C)NS(=O)(=O)c2cccc(C(=O)N3CCOCC3)c2)o1. The van der Waals surface area contributed by atoms with Gasteiger partial charge in [0.2, 0.25) is 21.8 Å². The predicted molar refractivity (Wildman–Crippen MR) is 90.9 cm³/mol. The minimum Gasteiger partial charge on any atom is -0.424 e. The summed E-state index contributed by atoms with van der Waals surface area (Å²) < 4.78 is 38.2. The standard InChI is InChI=1S/C16H20N4O5S/c1-11(15-18-17-12(2)25-15)19-26(22,23)14-5-3-4-13(10-14)16(21)20-6-8-24-9-7-20/h3-5,10-11,19H,6-9H2,1-2H3/t11-/m0/s1. The number of rotatable bonds is 5. The molecule has 140 valence electrons. The molecular weight excluding hydrogens is 360 g/mol. The van der Waals surface area contributed by atoms with Gasteiger partial charge in [-0.2, -0.15) is 4.72 Å². The molecule has 0 aliphatic carbocycles. The van der Waals surface area contributed by atoms with Crippen LogP contribution in [0.4, 0.5) is 0 Å². The first kappa shape index (κ1) is 18.5. The van der Waals surface area contributed by atoms with Gasteiger partial charge in [0.05, 0.1) is 24.2 Å². The Bertz CT molecular complexity index is 890. The van der Waals surface area contributed by atoms with E-state index >= 15 is 0 Å². The van der Waals surface area contributed by atoms with Crippen LogP contribution in [0.25, 0.3) is 0 Å². The summed E-state index contributed by atoms with van der Waals surface area (Å²) in [5, 5.41) is 7.50. The number of sulfonamides is 1. The predicted octanol–water partition coefficient (Wildman–Crippen LogP) is 0.890. The van der Waals surface area contributed by atoms with Crippen LogP contribution in [0.3, 0.4) is 0 Å². The van der Waals surface area contributed by atoms with Gasteiger partial charge in [-0.05, 0) is 25.1 Å². The molecule has 2 heterocycles. The zero-order chi connectivity index (χ0) is 18.7. The fourth-order valence-electron chi connectivity index (χ4n) is 2.58. The van der Waals surface area contributed by atoms with Crippen LogP contribution in [0.15, 0.2) is 33.6 Å². The van der Waals surface area contributed by atoms with Crippen molar-refractivity contribution < 1.29 is 22.4 Å². The topological polar surface area (TPSA) is 115 Å². The Kier molecular flexibility index (Phi) is 5.35. The lowest BCUT2D eigenvalue weighted by atomic mass is 10.2. The molecule has 0 bridgehead atoms. The van der Waals surface area contributed by atoms with Crippen LogP contribution in [0.5, 0.6) is 0 Å². The van der Waals surface area contributed by atoms with Gasteiger partial charge in [-0.1, -0.05) is 6.07 Å². The number of amides is 1. The van der Waals surface area contributed by atoms with Crippen molar-refractivity contribution in [1.82, 2.24) is 19.8 Å². The van der Waals surface area contributed by atoms with E-state index in [0.717, 1.165) is 0 Å². The first-order chi connectivity index (χ1) is 12.4. The average Bonchev–Trinajstić information content (AvgIpc) is 3.08. The maximum absolute atomic E-state index is 12.6. The fraction of sp³-hybridized carbons (Fsp3) is 0.438. The highest BCUT2D eigenvalue weighted by atomic mass is 32.2. The molecule has 1 saturated heterocycles. The van der Waals surface area contributed by atoms with Crippen molar-refractivity contribution >= 4 is 15.9 Å². The van der Waals surface area contributed by atoms with Gasteiger partial charge in [-0.15, -0.1) is 10.2 Å². The van der Waals surface area contributed by atoms with Gasteiger partial charge in [-0.3, -0.25) is 4.79 Å². The van der Waals surface area contributed by atoms with Crippen molar-refractivity contribution in [3.05, 3.63) is 41.6 Å². The molecule has 1 N–H and O–H groups in total. The van der Waals surface area contributed by atoms with Crippen LogP contribution in [0.2, 0.25) is 0 Å². The number of morpholine rings is 1. The Balaban J connectivity index is 1.78. The Morgan fingerprint density at radius 2 is 2.00 bits per heavy atom. The smallest absolute Gasteiger partial charge is 0.254 e. The van der Waals surface area contributed by atoms with Crippen LogP contribution < -0.4 is 4.72 Å². The van der Waals surface area contributed by atoms with E-state index in [1.807, 2.05) is 0 Å². The number of ether oxygens (including phenoxy) is 1. The van der Waals surface area contributed by atoms with Crippen LogP contribution in [-0.2, 0) is 14.8 Å². The molecule has 1 atom stereocenters. The summed E-state index contributed by atoms with van der Waals surface area (Å²) in [5.41, 5.74) is 0.316. The number of carbonyl (C=O) groups is 1. The highest BCUT2D eigenvalue weighted by Gasteiger charge is 2.24. The number of benzene rings is 1. The van der Waals surface area contributed by atoms with E-state index in [1.165, 1.54) is 12.1 Å². The number of nitrogens with zero attached hydrogens (tertiary/aromatic N) is 3. The highest BCUT2D eigenvalue weighted by molar-refractivity contribution is 7.89. The lowest BCUT2D eigenvalue weighted by Crippen LogP contribution is -2.40. The molecule has 1 aliphatic heterocycles. The Morgan fingerprint density at radius 1 is 1.27 bits per heavy atom. The van der Waals surface area contributed by atoms with E-state index in [2.05, 4.69) is 14.9 Å². The Labute approximate surface area is 151 Å². The zero-order valence-corrected chi connectivity index (χ0v) is 15.3. The van der Waals surface area contributed by atoms with E-state index in [1.54, 1.807) is 30.9 Å². The second-order valence-electron chi connectivity index (χ2n) is 5.93. The summed E-state index contributed by atoms with van der Waals surface area (Å²) >= 11 is 0. The van der Waals surface area contributed by atoms with Crippen LogP contribution >= 0.6 is 0 Å². The normalized spacial score (nSPS) is 16.5. The van der Waals surface area contributed by atoms with Crippen LogP contribution in [0.1, 0.15) is 35.1 Å². The molecule has 0 unspecified atom stereocenters. The van der Waals surface area contributed by atoms with Crippen LogP contribution in [-0.4, -0.2) is 55.7 Å². The van der Waals surface area contributed by atoms with Crippen molar-refractivity contribution in [2.75, 3.05) is 26.3 Å². The van der Waals surface area contributed by atoms with Gasteiger partial charge in [0, 0.05) is 25.6 Å². The third kappa shape index (κ3) is 4.09. The fourth-order valence-corrected chi connectivity index (χ4v) is 3.83. The molecule has 1 amide bonds. The van der Waals surface area contributed by atoms with Crippen molar-refractivity contribution in [2.24, 2.45) is 0 Å². The largest absolute Gasteiger partial charge is 0.424 e. The molecule has 3 rings (SSSR count). The molecule has 1 aromatic heterocycles. The number of hydrogen-bond acceptors (Lipinski definition) is 7. The first-order valence-electron chi connectivity index (χ1n) is 8.16. The van der Waals surface area contributed by atoms with Crippen LogP contribution in [0, 0.1) is 6.92 Å². The van der Waals surface area contributed by atoms with E-state index in [9.17, 15) is 13.2 Å². The van der Waals surface area contributed by atoms with Crippen molar-refractivity contribution in [1.29, 1.82) is 0 Å². The van der Waals surface area contributed by atoms with Crippen molar-refractivity contribution in [2.45, 2.75) is 24.8 Å². The lowest BCUT2D eigenvalue weighted by molar-refractivity contribution is 0.0302. The van der Waals surface area contributed by atoms with E-state index in [4.69, 9.17) is 9.15 Å². The number of nitrogens with one attached hydrogen (secondary N) is 1. The number of carbonyl (C=O) groups excluding carboxylic acids is 1.